The molecule has 1 amide bonds. The molecule has 23 heavy (non-hydrogen) atoms. The van der Waals surface area contributed by atoms with Crippen molar-refractivity contribution >= 4 is 17.2 Å². The molecule has 0 unspecified atom stereocenters. The van der Waals surface area contributed by atoms with Crippen molar-refractivity contribution in [3.05, 3.63) is 40.8 Å². The summed E-state index contributed by atoms with van der Waals surface area (Å²) in [6.45, 7) is 5.34. The molecule has 2 atom stereocenters. The van der Waals surface area contributed by atoms with Crippen LogP contribution in [0.5, 0.6) is 0 Å². The van der Waals surface area contributed by atoms with E-state index in [1.807, 2.05) is 41.4 Å². The molecule has 1 fully saturated rings. The molecule has 1 saturated heterocycles. The van der Waals surface area contributed by atoms with Gasteiger partial charge in [-0.05, 0) is 24.4 Å². The van der Waals surface area contributed by atoms with E-state index >= 15 is 0 Å². The number of amides is 1. The summed E-state index contributed by atoms with van der Waals surface area (Å²) in [6.07, 6.45) is 3.77. The van der Waals surface area contributed by atoms with E-state index in [2.05, 4.69) is 15.3 Å². The standard InChI is InChI=1S/C16H22N4O2S/c1-13(15-4-2-9-23-15)18-16(21)12-19-7-8-22-14(10-19)11-20-6-3-5-17-20/h2-6,9,13-14H,7-8,10-12H2,1H3,(H,18,21)/t13-,14-/m0/s1. The minimum atomic E-state index is 0.0587. The highest BCUT2D eigenvalue weighted by Gasteiger charge is 2.23. The van der Waals surface area contributed by atoms with E-state index in [0.29, 0.717) is 13.2 Å². The molecule has 124 valence electrons. The van der Waals surface area contributed by atoms with Crippen LogP contribution in [0.25, 0.3) is 0 Å². The van der Waals surface area contributed by atoms with E-state index < -0.39 is 0 Å². The van der Waals surface area contributed by atoms with Gasteiger partial charge in [0.2, 0.25) is 5.91 Å². The van der Waals surface area contributed by atoms with Crippen LogP contribution in [0.2, 0.25) is 0 Å². The predicted octanol–water partition coefficient (Wildman–Crippen LogP) is 1.52. The normalized spacial score (nSPS) is 20.3. The van der Waals surface area contributed by atoms with E-state index in [1.54, 1.807) is 17.5 Å². The Hall–Kier alpha value is -1.70. The van der Waals surface area contributed by atoms with Gasteiger partial charge in [0.1, 0.15) is 0 Å². The zero-order valence-corrected chi connectivity index (χ0v) is 14.0. The topological polar surface area (TPSA) is 59.4 Å². The van der Waals surface area contributed by atoms with Crippen LogP contribution < -0.4 is 5.32 Å². The van der Waals surface area contributed by atoms with Gasteiger partial charge < -0.3 is 10.1 Å². The van der Waals surface area contributed by atoms with Crippen molar-refractivity contribution < 1.29 is 9.53 Å². The number of carbonyl (C=O) groups excluding carboxylic acids is 1. The van der Waals surface area contributed by atoms with Crippen LogP contribution in [-0.4, -0.2) is 52.9 Å². The van der Waals surface area contributed by atoms with Crippen molar-refractivity contribution in [1.29, 1.82) is 0 Å². The number of morpholine rings is 1. The zero-order chi connectivity index (χ0) is 16.1. The fourth-order valence-electron chi connectivity index (χ4n) is 2.75. The van der Waals surface area contributed by atoms with Gasteiger partial charge in [0.15, 0.2) is 0 Å². The Morgan fingerprint density at radius 2 is 2.48 bits per heavy atom. The van der Waals surface area contributed by atoms with Gasteiger partial charge in [-0.2, -0.15) is 5.10 Å². The average Bonchev–Trinajstić information content (AvgIpc) is 3.20. The third-order valence-electron chi connectivity index (χ3n) is 3.89. The molecule has 0 aromatic carbocycles. The average molecular weight is 334 g/mol. The highest BCUT2D eigenvalue weighted by molar-refractivity contribution is 7.10. The van der Waals surface area contributed by atoms with Crippen LogP contribution in [0.15, 0.2) is 36.0 Å². The van der Waals surface area contributed by atoms with Crippen LogP contribution in [0, 0.1) is 0 Å². The molecule has 0 saturated carbocycles. The van der Waals surface area contributed by atoms with E-state index in [-0.39, 0.29) is 18.1 Å². The molecule has 0 radical (unpaired) electrons. The molecular weight excluding hydrogens is 312 g/mol. The molecule has 6 nitrogen and oxygen atoms in total. The van der Waals surface area contributed by atoms with Crippen LogP contribution in [0.3, 0.4) is 0 Å². The number of carbonyl (C=O) groups is 1. The molecule has 7 heteroatoms. The monoisotopic (exact) mass is 334 g/mol. The number of ether oxygens (including phenoxy) is 1. The third kappa shape index (κ3) is 4.63. The summed E-state index contributed by atoms with van der Waals surface area (Å²) in [6, 6.07) is 6.01. The van der Waals surface area contributed by atoms with E-state index in [0.717, 1.165) is 19.6 Å². The largest absolute Gasteiger partial charge is 0.374 e. The van der Waals surface area contributed by atoms with Crippen molar-refractivity contribution in [3.8, 4) is 0 Å². The second-order valence-corrected chi connectivity index (χ2v) is 6.74. The van der Waals surface area contributed by atoms with Gasteiger partial charge in [-0.1, -0.05) is 6.07 Å². The summed E-state index contributed by atoms with van der Waals surface area (Å²) in [4.78, 5) is 15.6. The smallest absolute Gasteiger partial charge is 0.234 e. The molecule has 1 aliphatic rings. The second-order valence-electron chi connectivity index (χ2n) is 5.76. The number of rotatable bonds is 6. The molecule has 0 bridgehead atoms. The summed E-state index contributed by atoms with van der Waals surface area (Å²) in [5.41, 5.74) is 0. The lowest BCUT2D eigenvalue weighted by molar-refractivity contribution is -0.125. The Balaban J connectivity index is 1.46. The SMILES string of the molecule is C[C@H](NC(=O)CN1CCO[C@H](Cn2cccn2)C1)c1cccs1. The molecule has 3 heterocycles. The van der Waals surface area contributed by atoms with E-state index in [9.17, 15) is 4.79 Å². The van der Waals surface area contributed by atoms with Gasteiger partial charge in [0, 0.05) is 30.4 Å². The fourth-order valence-corrected chi connectivity index (χ4v) is 3.49. The molecule has 2 aromatic rings. The number of hydrogen-bond acceptors (Lipinski definition) is 5. The van der Waals surface area contributed by atoms with Gasteiger partial charge >= 0.3 is 0 Å². The van der Waals surface area contributed by atoms with Crippen molar-refractivity contribution in [2.24, 2.45) is 0 Å². The van der Waals surface area contributed by atoms with Crippen LogP contribution in [-0.2, 0) is 16.1 Å². The fraction of sp³-hybridized carbons (Fsp3) is 0.500. The minimum absolute atomic E-state index is 0.0587. The molecule has 2 aromatic heterocycles. The first-order valence-electron chi connectivity index (χ1n) is 7.85. The maximum absolute atomic E-state index is 12.2. The van der Waals surface area contributed by atoms with Gasteiger partial charge in [-0.3, -0.25) is 14.4 Å². The molecular formula is C16H22N4O2S. The highest BCUT2D eigenvalue weighted by Crippen LogP contribution is 2.18. The first kappa shape index (κ1) is 16.2. The van der Waals surface area contributed by atoms with Gasteiger partial charge in [0.05, 0.1) is 31.8 Å². The quantitative estimate of drug-likeness (QED) is 0.870. The van der Waals surface area contributed by atoms with Crippen molar-refractivity contribution in [3.63, 3.8) is 0 Å². The van der Waals surface area contributed by atoms with Crippen molar-refractivity contribution in [2.45, 2.75) is 25.6 Å². The van der Waals surface area contributed by atoms with Crippen LogP contribution >= 0.6 is 11.3 Å². The summed E-state index contributed by atoms with van der Waals surface area (Å²) in [5, 5.41) is 9.29. The predicted molar refractivity (Wildman–Crippen MR) is 89.3 cm³/mol. The van der Waals surface area contributed by atoms with Gasteiger partial charge in [-0.15, -0.1) is 11.3 Å². The summed E-state index contributed by atoms with van der Waals surface area (Å²) in [7, 11) is 0. The first-order valence-corrected chi connectivity index (χ1v) is 8.73. The van der Waals surface area contributed by atoms with Crippen LogP contribution in [0.1, 0.15) is 17.8 Å². The summed E-state index contributed by atoms with van der Waals surface area (Å²) >= 11 is 1.66. The van der Waals surface area contributed by atoms with Gasteiger partial charge in [-0.25, -0.2) is 0 Å². The number of aromatic nitrogens is 2. The Morgan fingerprint density at radius 3 is 3.22 bits per heavy atom. The second kappa shape index (κ2) is 7.72. The van der Waals surface area contributed by atoms with E-state index in [1.165, 1.54) is 4.88 Å². The summed E-state index contributed by atoms with van der Waals surface area (Å²) in [5.74, 6) is 0.0608. The Bertz CT molecular complexity index is 600. The van der Waals surface area contributed by atoms with Gasteiger partial charge in [0.25, 0.3) is 0 Å². The molecule has 1 N–H and O–H groups in total. The van der Waals surface area contributed by atoms with Crippen molar-refractivity contribution in [2.75, 3.05) is 26.2 Å². The lowest BCUT2D eigenvalue weighted by Gasteiger charge is -2.32. The van der Waals surface area contributed by atoms with Crippen molar-refractivity contribution in [1.82, 2.24) is 20.0 Å². The Kier molecular flexibility index (Phi) is 5.43. The lowest BCUT2D eigenvalue weighted by Crippen LogP contribution is -2.48. The molecule has 1 aliphatic heterocycles. The lowest BCUT2D eigenvalue weighted by atomic mass is 10.2. The number of nitrogens with zero attached hydrogens (tertiary/aromatic N) is 3. The minimum Gasteiger partial charge on any atom is -0.374 e. The maximum Gasteiger partial charge on any atom is 0.234 e. The maximum atomic E-state index is 12.2. The third-order valence-corrected chi connectivity index (χ3v) is 4.94. The molecule has 0 aliphatic carbocycles. The highest BCUT2D eigenvalue weighted by atomic mass is 32.1. The number of nitrogens with one attached hydrogen (secondary N) is 1. The first-order chi connectivity index (χ1) is 11.2. The number of thiophene rings is 1. The van der Waals surface area contributed by atoms with Crippen LogP contribution in [0.4, 0.5) is 0 Å². The summed E-state index contributed by atoms with van der Waals surface area (Å²) < 4.78 is 7.64. The molecule has 3 rings (SSSR count). The number of hydrogen-bond donors (Lipinski definition) is 1. The molecule has 0 spiro atoms. The Labute approximate surface area is 140 Å². The van der Waals surface area contributed by atoms with E-state index in [4.69, 9.17) is 4.74 Å². The zero-order valence-electron chi connectivity index (χ0n) is 13.2. The Morgan fingerprint density at radius 1 is 1.57 bits per heavy atom.